The quantitative estimate of drug-likeness (QED) is 0.331. The van der Waals surface area contributed by atoms with Crippen molar-refractivity contribution in [1.29, 1.82) is 0 Å². The summed E-state index contributed by atoms with van der Waals surface area (Å²) in [5.41, 5.74) is 0. The van der Waals surface area contributed by atoms with Gasteiger partial charge < -0.3 is 24.8 Å². The third kappa shape index (κ3) is 6.17. The fourth-order valence-electron chi connectivity index (χ4n) is 4.03. The lowest BCUT2D eigenvalue weighted by molar-refractivity contribution is -0.142. The lowest BCUT2D eigenvalue weighted by Gasteiger charge is -2.39. The lowest BCUT2D eigenvalue weighted by atomic mass is 10.2. The molecular weight excluding hydrogens is 471 g/mol. The standard InChI is InChI=1S/C19H36N6O2.HI/c1-4-20-19(21-14-16-15-22(2)7-8-23(16)3)25-11-9-24(10-12-25)18(26)17-6-5-13-27-17;/h16-17H,4-15H2,1-3H3,(H,20,21);1H. The van der Waals surface area contributed by atoms with Crippen LogP contribution in [0, 0.1) is 0 Å². The zero-order valence-electron chi connectivity index (χ0n) is 17.6. The highest BCUT2D eigenvalue weighted by atomic mass is 127. The molecule has 3 fully saturated rings. The number of hydrogen-bond donors (Lipinski definition) is 1. The monoisotopic (exact) mass is 508 g/mol. The van der Waals surface area contributed by atoms with Gasteiger partial charge in [0.1, 0.15) is 6.10 Å². The molecule has 0 aromatic heterocycles. The number of rotatable bonds is 4. The Labute approximate surface area is 186 Å². The molecule has 3 rings (SSSR count). The molecule has 2 atom stereocenters. The van der Waals surface area contributed by atoms with Crippen molar-refractivity contribution in [1.82, 2.24) is 24.9 Å². The van der Waals surface area contributed by atoms with Gasteiger partial charge in [0.25, 0.3) is 5.91 Å². The summed E-state index contributed by atoms with van der Waals surface area (Å²) in [6, 6.07) is 0.458. The summed E-state index contributed by atoms with van der Waals surface area (Å²) in [5, 5.41) is 3.43. The van der Waals surface area contributed by atoms with Crippen molar-refractivity contribution in [2.75, 3.05) is 79.6 Å². The molecule has 0 bridgehead atoms. The third-order valence-corrected chi connectivity index (χ3v) is 5.86. The van der Waals surface area contributed by atoms with Gasteiger partial charge in [-0.15, -0.1) is 24.0 Å². The number of amides is 1. The van der Waals surface area contributed by atoms with Crippen LogP contribution in [0.25, 0.3) is 0 Å². The van der Waals surface area contributed by atoms with Crippen LogP contribution in [-0.2, 0) is 9.53 Å². The molecule has 8 nitrogen and oxygen atoms in total. The van der Waals surface area contributed by atoms with Crippen LogP contribution in [0.15, 0.2) is 4.99 Å². The highest BCUT2D eigenvalue weighted by molar-refractivity contribution is 14.0. The number of carbonyl (C=O) groups excluding carboxylic acids is 1. The number of halogens is 1. The lowest BCUT2D eigenvalue weighted by Crippen LogP contribution is -2.56. The Morgan fingerprint density at radius 2 is 1.82 bits per heavy atom. The molecule has 0 aromatic carbocycles. The fraction of sp³-hybridized carbons (Fsp3) is 0.895. The molecule has 162 valence electrons. The van der Waals surface area contributed by atoms with E-state index >= 15 is 0 Å². The molecule has 3 aliphatic rings. The van der Waals surface area contributed by atoms with Crippen molar-refractivity contribution in [2.24, 2.45) is 4.99 Å². The van der Waals surface area contributed by atoms with Crippen molar-refractivity contribution in [3.63, 3.8) is 0 Å². The van der Waals surface area contributed by atoms with E-state index in [1.54, 1.807) is 0 Å². The third-order valence-electron chi connectivity index (χ3n) is 5.86. The highest BCUT2D eigenvalue weighted by Gasteiger charge is 2.31. The summed E-state index contributed by atoms with van der Waals surface area (Å²) in [6.07, 6.45) is 1.66. The van der Waals surface area contributed by atoms with E-state index < -0.39 is 0 Å². The van der Waals surface area contributed by atoms with Gasteiger partial charge in [0, 0.05) is 65.0 Å². The predicted octanol–water partition coefficient (Wildman–Crippen LogP) is 0.139. The van der Waals surface area contributed by atoms with Gasteiger partial charge in [0.15, 0.2) is 5.96 Å². The Morgan fingerprint density at radius 3 is 2.46 bits per heavy atom. The van der Waals surface area contributed by atoms with Crippen molar-refractivity contribution in [2.45, 2.75) is 31.9 Å². The number of carbonyl (C=O) groups is 1. The second kappa shape index (κ2) is 11.5. The van der Waals surface area contributed by atoms with Gasteiger partial charge in [-0.1, -0.05) is 0 Å². The molecule has 9 heteroatoms. The van der Waals surface area contributed by atoms with Crippen LogP contribution >= 0.6 is 24.0 Å². The number of guanidine groups is 1. The molecule has 0 spiro atoms. The van der Waals surface area contributed by atoms with E-state index in [4.69, 9.17) is 9.73 Å². The summed E-state index contributed by atoms with van der Waals surface area (Å²) in [6.45, 7) is 10.9. The van der Waals surface area contributed by atoms with Crippen LogP contribution in [0.1, 0.15) is 19.8 Å². The number of hydrogen-bond acceptors (Lipinski definition) is 5. The highest BCUT2D eigenvalue weighted by Crippen LogP contribution is 2.16. The molecule has 1 N–H and O–H groups in total. The topological polar surface area (TPSA) is 63.7 Å². The van der Waals surface area contributed by atoms with Crippen LogP contribution < -0.4 is 5.32 Å². The van der Waals surface area contributed by atoms with E-state index in [9.17, 15) is 4.79 Å². The maximum Gasteiger partial charge on any atom is 0.251 e. The first-order valence-electron chi connectivity index (χ1n) is 10.4. The van der Waals surface area contributed by atoms with Gasteiger partial charge in [-0.05, 0) is 33.9 Å². The minimum absolute atomic E-state index is 0. The number of nitrogens with one attached hydrogen (secondary N) is 1. The van der Waals surface area contributed by atoms with E-state index in [1.165, 1.54) is 0 Å². The first kappa shape index (κ1) is 23.6. The van der Waals surface area contributed by atoms with Crippen molar-refractivity contribution in [3.05, 3.63) is 0 Å². The molecule has 0 radical (unpaired) electrons. The van der Waals surface area contributed by atoms with E-state index in [0.717, 1.165) is 84.3 Å². The largest absolute Gasteiger partial charge is 0.368 e. The van der Waals surface area contributed by atoms with Gasteiger partial charge in [-0.2, -0.15) is 0 Å². The second-order valence-corrected chi connectivity index (χ2v) is 7.91. The molecule has 0 aromatic rings. The van der Waals surface area contributed by atoms with E-state index in [2.05, 4.69) is 41.0 Å². The normalized spacial score (nSPS) is 27.6. The molecule has 3 saturated heterocycles. The fourth-order valence-corrected chi connectivity index (χ4v) is 4.03. The summed E-state index contributed by atoms with van der Waals surface area (Å²) >= 11 is 0. The molecule has 0 saturated carbocycles. The van der Waals surface area contributed by atoms with Crippen LogP contribution in [0.2, 0.25) is 0 Å². The number of likely N-dealkylation sites (N-methyl/N-ethyl adjacent to an activating group) is 2. The van der Waals surface area contributed by atoms with Crippen LogP contribution in [0.3, 0.4) is 0 Å². The average Bonchev–Trinajstić information content (AvgIpc) is 3.22. The first-order chi connectivity index (χ1) is 13.1. The Kier molecular flexibility index (Phi) is 9.72. The Bertz CT molecular complexity index is 521. The van der Waals surface area contributed by atoms with Gasteiger partial charge in [0.05, 0.1) is 6.54 Å². The average molecular weight is 508 g/mol. The predicted molar refractivity (Wildman–Crippen MR) is 122 cm³/mol. The van der Waals surface area contributed by atoms with Crippen LogP contribution in [0.4, 0.5) is 0 Å². The molecule has 3 aliphatic heterocycles. The minimum atomic E-state index is -0.211. The second-order valence-electron chi connectivity index (χ2n) is 7.91. The van der Waals surface area contributed by atoms with Crippen LogP contribution in [0.5, 0.6) is 0 Å². The Hall–Kier alpha value is -0.650. The number of nitrogens with zero attached hydrogens (tertiary/aromatic N) is 5. The maximum atomic E-state index is 12.5. The van der Waals surface area contributed by atoms with E-state index in [0.29, 0.717) is 6.04 Å². The van der Waals surface area contributed by atoms with Crippen molar-refractivity contribution >= 4 is 35.8 Å². The van der Waals surface area contributed by atoms with Gasteiger partial charge >= 0.3 is 0 Å². The number of piperazine rings is 2. The summed E-state index contributed by atoms with van der Waals surface area (Å²) in [7, 11) is 4.37. The van der Waals surface area contributed by atoms with E-state index in [1.807, 2.05) is 4.90 Å². The summed E-state index contributed by atoms with van der Waals surface area (Å²) in [5.74, 6) is 1.14. The number of aliphatic imine (C=N–C) groups is 1. The molecule has 3 heterocycles. The summed E-state index contributed by atoms with van der Waals surface area (Å²) < 4.78 is 5.56. The van der Waals surface area contributed by atoms with Crippen LogP contribution in [-0.4, -0.2) is 123 Å². The van der Waals surface area contributed by atoms with Crippen molar-refractivity contribution in [3.8, 4) is 0 Å². The molecule has 2 unspecified atom stereocenters. The van der Waals surface area contributed by atoms with Gasteiger partial charge in [-0.3, -0.25) is 14.7 Å². The van der Waals surface area contributed by atoms with Gasteiger partial charge in [-0.25, -0.2) is 0 Å². The minimum Gasteiger partial charge on any atom is -0.368 e. The SMILES string of the molecule is CCNC(=NCC1CN(C)CCN1C)N1CCN(C(=O)C2CCCO2)CC1.I. The smallest absolute Gasteiger partial charge is 0.251 e. The van der Waals surface area contributed by atoms with Gasteiger partial charge in [0.2, 0.25) is 0 Å². The number of ether oxygens (including phenoxy) is 1. The summed E-state index contributed by atoms with van der Waals surface area (Å²) in [4.78, 5) is 26.5. The first-order valence-corrected chi connectivity index (χ1v) is 10.4. The maximum absolute atomic E-state index is 12.5. The zero-order valence-corrected chi connectivity index (χ0v) is 19.9. The Balaban J connectivity index is 0.00000280. The molecule has 1 amide bonds. The van der Waals surface area contributed by atoms with E-state index in [-0.39, 0.29) is 36.0 Å². The molecule has 0 aliphatic carbocycles. The molecular formula is C19H37IN6O2. The zero-order chi connectivity index (χ0) is 19.2. The Morgan fingerprint density at radius 1 is 1.11 bits per heavy atom. The van der Waals surface area contributed by atoms with Crippen molar-refractivity contribution < 1.29 is 9.53 Å². The molecule has 28 heavy (non-hydrogen) atoms.